The molecular formula is C18H19N3O. The number of morpholine rings is 1. The molecule has 1 fully saturated rings. The van der Waals surface area contributed by atoms with Gasteiger partial charge in [0.1, 0.15) is 5.82 Å². The van der Waals surface area contributed by atoms with E-state index in [1.54, 1.807) is 0 Å². The summed E-state index contributed by atoms with van der Waals surface area (Å²) in [7, 11) is 0. The van der Waals surface area contributed by atoms with Crippen LogP contribution < -0.4 is 4.90 Å². The number of benzene rings is 1. The van der Waals surface area contributed by atoms with Crippen molar-refractivity contribution in [2.45, 2.75) is 13.5 Å². The van der Waals surface area contributed by atoms with E-state index in [0.29, 0.717) is 0 Å². The van der Waals surface area contributed by atoms with E-state index in [1.807, 2.05) is 6.20 Å². The van der Waals surface area contributed by atoms with Crippen LogP contribution in [-0.2, 0) is 11.3 Å². The Bertz CT molecular complexity index is 733. The third kappa shape index (κ3) is 2.29. The highest BCUT2D eigenvalue weighted by Gasteiger charge is 2.20. The molecule has 4 rings (SSSR count). The molecule has 22 heavy (non-hydrogen) atoms. The number of nitrogens with zero attached hydrogens (tertiary/aromatic N) is 3. The van der Waals surface area contributed by atoms with Gasteiger partial charge in [-0.2, -0.15) is 0 Å². The molecule has 2 aliphatic rings. The van der Waals surface area contributed by atoms with Gasteiger partial charge in [-0.05, 0) is 30.2 Å². The van der Waals surface area contributed by atoms with Crippen LogP contribution in [0, 0.1) is 6.92 Å². The number of fused-ring (bicyclic) bond motifs is 1. The van der Waals surface area contributed by atoms with Crippen LogP contribution in [0.3, 0.4) is 0 Å². The summed E-state index contributed by atoms with van der Waals surface area (Å²) >= 11 is 0. The Morgan fingerprint density at radius 3 is 2.86 bits per heavy atom. The molecule has 4 nitrogen and oxygen atoms in total. The molecular weight excluding hydrogens is 274 g/mol. The Kier molecular flexibility index (Phi) is 3.39. The fourth-order valence-corrected chi connectivity index (χ4v) is 3.16. The molecule has 0 N–H and O–H groups in total. The summed E-state index contributed by atoms with van der Waals surface area (Å²) in [4.78, 5) is 11.6. The quantitative estimate of drug-likeness (QED) is 0.854. The summed E-state index contributed by atoms with van der Waals surface area (Å²) in [5.41, 5.74) is 6.18. The van der Waals surface area contributed by atoms with Crippen molar-refractivity contribution < 1.29 is 4.74 Å². The molecule has 3 heterocycles. The summed E-state index contributed by atoms with van der Waals surface area (Å²) in [6.45, 7) is 6.29. The molecule has 4 heteroatoms. The minimum atomic E-state index is 0.773. The highest BCUT2D eigenvalue weighted by Crippen LogP contribution is 2.26. The highest BCUT2D eigenvalue weighted by molar-refractivity contribution is 6.15. The number of aliphatic imine (C=N–C) groups is 1. The molecule has 0 radical (unpaired) electrons. The lowest BCUT2D eigenvalue weighted by atomic mass is 9.97. The van der Waals surface area contributed by atoms with Gasteiger partial charge in [-0.25, -0.2) is 4.98 Å². The van der Waals surface area contributed by atoms with Gasteiger partial charge in [0.25, 0.3) is 0 Å². The van der Waals surface area contributed by atoms with Gasteiger partial charge in [-0.1, -0.05) is 18.2 Å². The fraction of sp³-hybridized carbons (Fsp3) is 0.333. The Labute approximate surface area is 130 Å². The third-order valence-electron chi connectivity index (χ3n) is 4.41. The predicted molar refractivity (Wildman–Crippen MR) is 87.8 cm³/mol. The number of ether oxygens (including phenoxy) is 1. The molecule has 0 aliphatic carbocycles. The molecule has 1 aromatic carbocycles. The normalized spacial score (nSPS) is 17.3. The summed E-state index contributed by atoms with van der Waals surface area (Å²) in [6.07, 6.45) is 1.89. The summed E-state index contributed by atoms with van der Waals surface area (Å²) in [6, 6.07) is 10.6. The highest BCUT2D eigenvalue weighted by atomic mass is 16.5. The maximum absolute atomic E-state index is 5.42. The first-order valence-electron chi connectivity index (χ1n) is 7.75. The minimum absolute atomic E-state index is 0.773. The van der Waals surface area contributed by atoms with Crippen molar-refractivity contribution in [2.75, 3.05) is 31.2 Å². The van der Waals surface area contributed by atoms with Crippen molar-refractivity contribution in [3.63, 3.8) is 0 Å². The van der Waals surface area contributed by atoms with E-state index in [0.717, 1.165) is 49.9 Å². The van der Waals surface area contributed by atoms with Crippen LogP contribution in [0.5, 0.6) is 0 Å². The Hall–Kier alpha value is -2.20. The van der Waals surface area contributed by atoms with Crippen molar-refractivity contribution >= 4 is 11.5 Å². The lowest BCUT2D eigenvalue weighted by Crippen LogP contribution is -2.36. The number of hydrogen-bond donors (Lipinski definition) is 0. The summed E-state index contributed by atoms with van der Waals surface area (Å²) < 4.78 is 5.42. The molecule has 0 amide bonds. The van der Waals surface area contributed by atoms with E-state index in [9.17, 15) is 0 Å². The molecule has 0 spiro atoms. The van der Waals surface area contributed by atoms with Crippen LogP contribution in [0.25, 0.3) is 0 Å². The van der Waals surface area contributed by atoms with Crippen molar-refractivity contribution in [1.82, 2.24) is 4.98 Å². The first kappa shape index (κ1) is 13.5. The fourth-order valence-electron chi connectivity index (χ4n) is 3.16. The second-order valence-corrected chi connectivity index (χ2v) is 5.77. The van der Waals surface area contributed by atoms with E-state index in [-0.39, 0.29) is 0 Å². The van der Waals surface area contributed by atoms with Gasteiger partial charge in [0.15, 0.2) is 0 Å². The van der Waals surface area contributed by atoms with E-state index < -0.39 is 0 Å². The Morgan fingerprint density at radius 1 is 1.14 bits per heavy atom. The lowest BCUT2D eigenvalue weighted by Gasteiger charge is -2.28. The van der Waals surface area contributed by atoms with Gasteiger partial charge in [-0.3, -0.25) is 4.99 Å². The largest absolute Gasteiger partial charge is 0.378 e. The first-order valence-corrected chi connectivity index (χ1v) is 7.75. The molecule has 1 saturated heterocycles. The molecule has 0 bridgehead atoms. The zero-order valence-electron chi connectivity index (χ0n) is 12.7. The second kappa shape index (κ2) is 5.54. The van der Waals surface area contributed by atoms with Gasteiger partial charge >= 0.3 is 0 Å². The zero-order valence-corrected chi connectivity index (χ0v) is 12.7. The average molecular weight is 293 g/mol. The van der Waals surface area contributed by atoms with Crippen LogP contribution in [0.4, 0.5) is 5.82 Å². The van der Waals surface area contributed by atoms with Crippen molar-refractivity contribution in [3.8, 4) is 0 Å². The number of aromatic nitrogens is 1. The molecule has 2 aliphatic heterocycles. The van der Waals surface area contributed by atoms with Crippen LogP contribution in [-0.4, -0.2) is 37.0 Å². The molecule has 1 aromatic heterocycles. The SMILES string of the molecule is Cc1cccc2c1CN=C2c1ccnc(N2CCOCC2)c1. The standard InChI is InChI=1S/C18H19N3O/c1-13-3-2-4-15-16(13)12-20-18(15)14-5-6-19-17(11-14)21-7-9-22-10-8-21/h2-6,11H,7-10,12H2,1H3. The molecule has 2 aromatic rings. The number of aryl methyl sites for hydroxylation is 1. The third-order valence-corrected chi connectivity index (χ3v) is 4.41. The van der Waals surface area contributed by atoms with Gasteiger partial charge in [0.2, 0.25) is 0 Å². The van der Waals surface area contributed by atoms with Gasteiger partial charge in [0.05, 0.1) is 25.5 Å². The molecule has 112 valence electrons. The van der Waals surface area contributed by atoms with Crippen LogP contribution in [0.15, 0.2) is 41.5 Å². The summed E-state index contributed by atoms with van der Waals surface area (Å²) in [5.74, 6) is 1.02. The minimum Gasteiger partial charge on any atom is -0.378 e. The van der Waals surface area contributed by atoms with Crippen molar-refractivity contribution in [1.29, 1.82) is 0 Å². The van der Waals surface area contributed by atoms with E-state index in [2.05, 4.69) is 47.1 Å². The van der Waals surface area contributed by atoms with Gasteiger partial charge < -0.3 is 9.64 Å². The van der Waals surface area contributed by atoms with E-state index in [4.69, 9.17) is 9.73 Å². The van der Waals surface area contributed by atoms with Gasteiger partial charge in [-0.15, -0.1) is 0 Å². The Balaban J connectivity index is 1.69. The first-order chi connectivity index (χ1) is 10.8. The maximum Gasteiger partial charge on any atom is 0.129 e. The van der Waals surface area contributed by atoms with Crippen LogP contribution in [0.2, 0.25) is 0 Å². The number of anilines is 1. The van der Waals surface area contributed by atoms with Crippen molar-refractivity contribution in [2.24, 2.45) is 4.99 Å². The smallest absolute Gasteiger partial charge is 0.129 e. The van der Waals surface area contributed by atoms with Crippen LogP contribution in [0.1, 0.15) is 22.3 Å². The van der Waals surface area contributed by atoms with Gasteiger partial charge in [0, 0.05) is 30.4 Å². The molecule has 0 atom stereocenters. The molecule has 0 unspecified atom stereocenters. The monoisotopic (exact) mass is 293 g/mol. The number of pyridine rings is 1. The predicted octanol–water partition coefficient (Wildman–Crippen LogP) is 2.58. The topological polar surface area (TPSA) is 37.7 Å². The number of hydrogen-bond acceptors (Lipinski definition) is 4. The van der Waals surface area contributed by atoms with E-state index >= 15 is 0 Å². The van der Waals surface area contributed by atoms with Crippen molar-refractivity contribution in [3.05, 3.63) is 58.8 Å². The average Bonchev–Trinajstić information content (AvgIpc) is 3.01. The van der Waals surface area contributed by atoms with Crippen LogP contribution >= 0.6 is 0 Å². The van der Waals surface area contributed by atoms with E-state index in [1.165, 1.54) is 16.7 Å². The summed E-state index contributed by atoms with van der Waals surface area (Å²) in [5, 5.41) is 0. The zero-order chi connectivity index (χ0) is 14.9. The lowest BCUT2D eigenvalue weighted by molar-refractivity contribution is 0.122. The Morgan fingerprint density at radius 2 is 2.00 bits per heavy atom. The second-order valence-electron chi connectivity index (χ2n) is 5.77. The number of rotatable bonds is 2. The maximum atomic E-state index is 5.42. The molecule has 0 saturated carbocycles.